The van der Waals surface area contributed by atoms with Gasteiger partial charge in [0.1, 0.15) is 0 Å². The number of nitrogens with zero attached hydrogens (tertiary/aromatic N) is 1. The van der Waals surface area contributed by atoms with Crippen molar-refractivity contribution in [3.63, 3.8) is 0 Å². The van der Waals surface area contributed by atoms with E-state index in [1.54, 1.807) is 7.11 Å². The van der Waals surface area contributed by atoms with Crippen LogP contribution >= 0.6 is 12.4 Å². The number of benzene rings is 1. The molecule has 1 saturated carbocycles. The van der Waals surface area contributed by atoms with E-state index in [9.17, 15) is 0 Å². The summed E-state index contributed by atoms with van der Waals surface area (Å²) in [6, 6.07) is 4.52. The van der Waals surface area contributed by atoms with Crippen LogP contribution in [-0.2, 0) is 6.54 Å². The SMILES string of the molecule is COc1cc(CN2CC3CCC(N)C3C2)cc2c1OCO2.Cl. The van der Waals surface area contributed by atoms with Crippen LogP contribution in [0.2, 0.25) is 0 Å². The number of nitrogens with two attached hydrogens (primary N) is 1. The van der Waals surface area contributed by atoms with Gasteiger partial charge in [-0.1, -0.05) is 0 Å². The first kappa shape index (κ1) is 15.7. The molecule has 2 heterocycles. The molecule has 6 heteroatoms. The van der Waals surface area contributed by atoms with Gasteiger partial charge in [0, 0.05) is 25.7 Å². The molecule has 1 aromatic carbocycles. The van der Waals surface area contributed by atoms with Crippen molar-refractivity contribution in [3.05, 3.63) is 17.7 Å². The fraction of sp³-hybridized carbons (Fsp3) is 0.625. The molecule has 1 aliphatic carbocycles. The van der Waals surface area contributed by atoms with Gasteiger partial charge in [-0.3, -0.25) is 4.90 Å². The standard InChI is InChI=1S/C16H22N2O3.ClH/c1-19-14-4-10(5-15-16(14)21-9-20-15)6-18-7-11-2-3-13(17)12(11)8-18;/h4-5,11-13H,2-3,6-9,17H2,1H3;1H. The molecule has 2 fully saturated rings. The monoisotopic (exact) mass is 326 g/mol. The molecule has 4 rings (SSSR count). The minimum atomic E-state index is 0. The second kappa shape index (κ2) is 6.14. The Labute approximate surface area is 137 Å². The van der Waals surface area contributed by atoms with E-state index in [-0.39, 0.29) is 19.2 Å². The van der Waals surface area contributed by atoms with Gasteiger partial charge in [0.2, 0.25) is 12.5 Å². The van der Waals surface area contributed by atoms with Gasteiger partial charge in [0.25, 0.3) is 0 Å². The topological polar surface area (TPSA) is 57.0 Å². The maximum absolute atomic E-state index is 6.21. The fourth-order valence-electron chi connectivity index (χ4n) is 4.06. The highest BCUT2D eigenvalue weighted by Crippen LogP contribution is 2.43. The van der Waals surface area contributed by atoms with Crippen LogP contribution in [0, 0.1) is 11.8 Å². The third-order valence-corrected chi connectivity index (χ3v) is 5.11. The molecule has 22 heavy (non-hydrogen) atoms. The highest BCUT2D eigenvalue weighted by Gasteiger charge is 2.40. The van der Waals surface area contributed by atoms with Crippen molar-refractivity contribution in [1.29, 1.82) is 0 Å². The lowest BCUT2D eigenvalue weighted by molar-refractivity contribution is 0.171. The summed E-state index contributed by atoms with van der Waals surface area (Å²) in [5, 5.41) is 0. The zero-order valence-corrected chi connectivity index (χ0v) is 13.6. The lowest BCUT2D eigenvalue weighted by atomic mass is 9.98. The van der Waals surface area contributed by atoms with Gasteiger partial charge in [-0.15, -0.1) is 12.4 Å². The number of methoxy groups -OCH3 is 1. The van der Waals surface area contributed by atoms with E-state index in [2.05, 4.69) is 17.0 Å². The molecular formula is C16H23ClN2O3. The Bertz CT molecular complexity index is 554. The number of likely N-dealkylation sites (tertiary alicyclic amines) is 1. The Kier molecular flexibility index (Phi) is 4.39. The number of hydrogen-bond acceptors (Lipinski definition) is 5. The molecule has 3 atom stereocenters. The quantitative estimate of drug-likeness (QED) is 0.921. The van der Waals surface area contributed by atoms with Crippen LogP contribution in [0.5, 0.6) is 17.2 Å². The van der Waals surface area contributed by atoms with E-state index in [4.69, 9.17) is 19.9 Å². The molecule has 2 aliphatic heterocycles. The van der Waals surface area contributed by atoms with Crippen molar-refractivity contribution < 1.29 is 14.2 Å². The van der Waals surface area contributed by atoms with Crippen LogP contribution in [0.25, 0.3) is 0 Å². The average Bonchev–Trinajstić information content (AvgIpc) is 3.16. The summed E-state index contributed by atoms with van der Waals surface area (Å²) in [5.41, 5.74) is 7.42. The van der Waals surface area contributed by atoms with E-state index in [1.165, 1.54) is 18.4 Å². The predicted octanol–water partition coefficient (Wildman–Crippen LogP) is 2.01. The number of rotatable bonds is 3. The van der Waals surface area contributed by atoms with Gasteiger partial charge in [-0.05, 0) is 42.4 Å². The predicted molar refractivity (Wildman–Crippen MR) is 85.8 cm³/mol. The van der Waals surface area contributed by atoms with Crippen LogP contribution in [0.3, 0.4) is 0 Å². The van der Waals surface area contributed by atoms with Crippen molar-refractivity contribution in [1.82, 2.24) is 4.90 Å². The number of halogens is 1. The molecule has 0 amide bonds. The lowest BCUT2D eigenvalue weighted by Gasteiger charge is -2.19. The summed E-state index contributed by atoms with van der Waals surface area (Å²) >= 11 is 0. The number of fused-ring (bicyclic) bond motifs is 2. The summed E-state index contributed by atoms with van der Waals surface area (Å²) < 4.78 is 16.4. The minimum absolute atomic E-state index is 0. The van der Waals surface area contributed by atoms with Crippen LogP contribution in [0.4, 0.5) is 0 Å². The molecule has 0 radical (unpaired) electrons. The zero-order valence-electron chi connectivity index (χ0n) is 12.8. The maximum Gasteiger partial charge on any atom is 0.231 e. The van der Waals surface area contributed by atoms with Crippen molar-refractivity contribution in [2.24, 2.45) is 17.6 Å². The second-order valence-electron chi connectivity index (χ2n) is 6.39. The molecule has 0 aromatic heterocycles. The molecule has 5 nitrogen and oxygen atoms in total. The van der Waals surface area contributed by atoms with Gasteiger partial charge in [0.15, 0.2) is 11.5 Å². The van der Waals surface area contributed by atoms with Crippen molar-refractivity contribution in [2.75, 3.05) is 27.0 Å². The molecule has 2 N–H and O–H groups in total. The molecule has 1 saturated heterocycles. The fourth-order valence-corrected chi connectivity index (χ4v) is 4.06. The maximum atomic E-state index is 6.21. The molecule has 3 aliphatic rings. The Hall–Kier alpha value is -1.17. The van der Waals surface area contributed by atoms with Gasteiger partial charge >= 0.3 is 0 Å². The minimum Gasteiger partial charge on any atom is -0.493 e. The van der Waals surface area contributed by atoms with Crippen molar-refractivity contribution in [3.8, 4) is 17.2 Å². The third-order valence-electron chi connectivity index (χ3n) is 5.11. The van der Waals surface area contributed by atoms with E-state index in [1.807, 2.05) is 0 Å². The smallest absolute Gasteiger partial charge is 0.231 e. The van der Waals surface area contributed by atoms with Crippen molar-refractivity contribution in [2.45, 2.75) is 25.4 Å². The third kappa shape index (κ3) is 2.62. The summed E-state index contributed by atoms with van der Waals surface area (Å²) in [6.07, 6.45) is 2.48. The highest BCUT2D eigenvalue weighted by atomic mass is 35.5. The first-order valence-electron chi connectivity index (χ1n) is 7.69. The van der Waals surface area contributed by atoms with Gasteiger partial charge in [-0.25, -0.2) is 0 Å². The normalized spacial score (nSPS) is 29.3. The average molecular weight is 327 g/mol. The van der Waals surface area contributed by atoms with E-state index < -0.39 is 0 Å². The molecular weight excluding hydrogens is 304 g/mol. The Balaban J connectivity index is 0.00000144. The van der Waals surface area contributed by atoms with Crippen LogP contribution in [0.15, 0.2) is 12.1 Å². The van der Waals surface area contributed by atoms with Crippen molar-refractivity contribution >= 4 is 12.4 Å². The van der Waals surface area contributed by atoms with E-state index >= 15 is 0 Å². The van der Waals surface area contributed by atoms with Crippen LogP contribution in [-0.4, -0.2) is 37.9 Å². The number of ether oxygens (including phenoxy) is 3. The first-order valence-corrected chi connectivity index (χ1v) is 7.69. The Morgan fingerprint density at radius 3 is 2.91 bits per heavy atom. The molecule has 0 spiro atoms. The number of hydrogen-bond donors (Lipinski definition) is 1. The highest BCUT2D eigenvalue weighted by molar-refractivity contribution is 5.85. The molecule has 0 bridgehead atoms. The molecule has 122 valence electrons. The zero-order chi connectivity index (χ0) is 14.4. The second-order valence-corrected chi connectivity index (χ2v) is 6.39. The van der Waals surface area contributed by atoms with Gasteiger partial charge in [-0.2, -0.15) is 0 Å². The van der Waals surface area contributed by atoms with E-state index in [0.717, 1.165) is 42.8 Å². The summed E-state index contributed by atoms with van der Waals surface area (Å²) in [4.78, 5) is 2.51. The summed E-state index contributed by atoms with van der Waals surface area (Å²) in [5.74, 6) is 3.75. The largest absolute Gasteiger partial charge is 0.493 e. The molecule has 3 unspecified atom stereocenters. The summed E-state index contributed by atoms with van der Waals surface area (Å²) in [7, 11) is 1.67. The lowest BCUT2D eigenvalue weighted by Crippen LogP contribution is -2.30. The first-order chi connectivity index (χ1) is 10.2. The van der Waals surface area contributed by atoms with Gasteiger partial charge < -0.3 is 19.9 Å². The summed E-state index contributed by atoms with van der Waals surface area (Å²) in [6.45, 7) is 3.47. The van der Waals surface area contributed by atoms with E-state index in [0.29, 0.717) is 12.0 Å². The van der Waals surface area contributed by atoms with Crippen LogP contribution in [0.1, 0.15) is 18.4 Å². The Morgan fingerprint density at radius 1 is 1.27 bits per heavy atom. The van der Waals surface area contributed by atoms with Gasteiger partial charge in [0.05, 0.1) is 7.11 Å². The molecule has 1 aromatic rings. The Morgan fingerprint density at radius 2 is 2.14 bits per heavy atom. The van der Waals surface area contributed by atoms with Crippen LogP contribution < -0.4 is 19.9 Å².